The van der Waals surface area contributed by atoms with E-state index in [1.54, 1.807) is 24.3 Å². The quantitative estimate of drug-likeness (QED) is 0.693. The molecule has 160 valence electrons. The number of anilines is 1. The van der Waals surface area contributed by atoms with Crippen molar-refractivity contribution < 1.29 is 19.1 Å². The van der Waals surface area contributed by atoms with Crippen LogP contribution in [0, 0.1) is 0 Å². The van der Waals surface area contributed by atoms with Crippen molar-refractivity contribution in [3.05, 3.63) is 45.8 Å². The lowest BCUT2D eigenvalue weighted by Crippen LogP contribution is -2.32. The van der Waals surface area contributed by atoms with Gasteiger partial charge in [-0.3, -0.25) is 9.59 Å². The van der Waals surface area contributed by atoms with Gasteiger partial charge in [-0.2, -0.15) is 0 Å². The van der Waals surface area contributed by atoms with Crippen LogP contribution in [0.3, 0.4) is 0 Å². The van der Waals surface area contributed by atoms with E-state index in [4.69, 9.17) is 9.47 Å². The highest BCUT2D eigenvalue weighted by Gasteiger charge is 2.27. The third-order valence-electron chi connectivity index (χ3n) is 5.57. The van der Waals surface area contributed by atoms with Crippen molar-refractivity contribution in [3.8, 4) is 5.75 Å². The highest BCUT2D eigenvalue weighted by atomic mass is 32.1. The van der Waals surface area contributed by atoms with Crippen molar-refractivity contribution in [2.75, 3.05) is 25.1 Å². The number of hydrogen-bond donors (Lipinski definition) is 2. The summed E-state index contributed by atoms with van der Waals surface area (Å²) in [6.45, 7) is 3.77. The first kappa shape index (κ1) is 20.9. The van der Waals surface area contributed by atoms with Crippen LogP contribution < -0.4 is 15.4 Å². The molecule has 0 radical (unpaired) electrons. The summed E-state index contributed by atoms with van der Waals surface area (Å²) < 4.78 is 11.1. The van der Waals surface area contributed by atoms with Crippen LogP contribution in [0.1, 0.15) is 63.8 Å². The fourth-order valence-corrected chi connectivity index (χ4v) is 5.32. The summed E-state index contributed by atoms with van der Waals surface area (Å²) in [4.78, 5) is 27.1. The molecule has 30 heavy (non-hydrogen) atoms. The maximum atomic E-state index is 13.1. The van der Waals surface area contributed by atoms with E-state index in [-0.39, 0.29) is 17.9 Å². The van der Waals surface area contributed by atoms with Crippen LogP contribution in [-0.4, -0.2) is 37.7 Å². The third kappa shape index (κ3) is 4.68. The van der Waals surface area contributed by atoms with Crippen molar-refractivity contribution in [2.24, 2.45) is 0 Å². The molecule has 1 aromatic carbocycles. The maximum Gasteiger partial charge on any atom is 0.256 e. The van der Waals surface area contributed by atoms with E-state index >= 15 is 0 Å². The molecule has 2 amide bonds. The van der Waals surface area contributed by atoms with Gasteiger partial charge in [0.2, 0.25) is 0 Å². The number of thiophene rings is 1. The number of fused-ring (bicyclic) bond motifs is 1. The molecule has 0 bridgehead atoms. The molecule has 1 aliphatic carbocycles. The zero-order valence-electron chi connectivity index (χ0n) is 17.3. The van der Waals surface area contributed by atoms with Crippen molar-refractivity contribution >= 4 is 28.2 Å². The number of aryl methyl sites for hydroxylation is 1. The summed E-state index contributed by atoms with van der Waals surface area (Å²) >= 11 is 1.53. The first-order valence-corrected chi connectivity index (χ1v) is 11.6. The lowest BCUT2D eigenvalue weighted by Gasteiger charge is -2.15. The van der Waals surface area contributed by atoms with Gasteiger partial charge < -0.3 is 20.1 Å². The van der Waals surface area contributed by atoms with Crippen molar-refractivity contribution in [2.45, 2.75) is 51.6 Å². The minimum absolute atomic E-state index is 0.0882. The highest BCUT2D eigenvalue weighted by molar-refractivity contribution is 7.17. The van der Waals surface area contributed by atoms with E-state index in [0.29, 0.717) is 29.3 Å². The number of carbonyl (C=O) groups is 2. The molecular formula is C23H28N2O4S. The van der Waals surface area contributed by atoms with Gasteiger partial charge in [-0.05, 0) is 75.3 Å². The molecule has 1 aliphatic heterocycles. The summed E-state index contributed by atoms with van der Waals surface area (Å²) in [5.74, 6) is 0.395. The highest BCUT2D eigenvalue weighted by Crippen LogP contribution is 2.38. The summed E-state index contributed by atoms with van der Waals surface area (Å²) in [5, 5.41) is 6.66. The minimum atomic E-state index is -0.218. The molecule has 0 spiro atoms. The number of nitrogens with one attached hydrogen (secondary N) is 2. The number of benzene rings is 1. The predicted molar refractivity (Wildman–Crippen MR) is 118 cm³/mol. The topological polar surface area (TPSA) is 76.7 Å². The Bertz CT molecular complexity index is 901. The van der Waals surface area contributed by atoms with Crippen LogP contribution in [-0.2, 0) is 17.6 Å². The van der Waals surface area contributed by atoms with E-state index in [0.717, 1.165) is 56.4 Å². The monoisotopic (exact) mass is 428 g/mol. The van der Waals surface area contributed by atoms with Gasteiger partial charge in [-0.25, -0.2) is 0 Å². The summed E-state index contributed by atoms with van der Waals surface area (Å²) in [6.07, 6.45) is 6.14. The van der Waals surface area contributed by atoms with Crippen LogP contribution in [0.2, 0.25) is 0 Å². The molecule has 2 aliphatic rings. The van der Waals surface area contributed by atoms with E-state index in [2.05, 4.69) is 10.6 Å². The number of hydrogen-bond acceptors (Lipinski definition) is 5. The Kier molecular flexibility index (Phi) is 6.69. The van der Waals surface area contributed by atoms with Crippen LogP contribution >= 0.6 is 11.3 Å². The molecule has 2 N–H and O–H groups in total. The van der Waals surface area contributed by atoms with Gasteiger partial charge in [0.05, 0.1) is 18.3 Å². The largest absolute Gasteiger partial charge is 0.494 e. The average Bonchev–Trinajstić information content (AvgIpc) is 3.40. The third-order valence-corrected chi connectivity index (χ3v) is 6.77. The molecule has 0 saturated carbocycles. The average molecular weight is 429 g/mol. The van der Waals surface area contributed by atoms with Gasteiger partial charge in [0.25, 0.3) is 11.8 Å². The first-order chi connectivity index (χ1) is 14.7. The van der Waals surface area contributed by atoms with Crippen LogP contribution in [0.25, 0.3) is 0 Å². The van der Waals surface area contributed by atoms with Gasteiger partial charge in [-0.15, -0.1) is 11.3 Å². The SMILES string of the molecule is CCOc1ccc(C(=O)Nc2sc3c(c2C(=O)NC[C@@H]2CCCO2)CCCC3)cc1. The van der Waals surface area contributed by atoms with Crippen molar-refractivity contribution in [3.63, 3.8) is 0 Å². The molecule has 7 heteroatoms. The van der Waals surface area contributed by atoms with Crippen LogP contribution in [0.5, 0.6) is 5.75 Å². The molecule has 2 heterocycles. The molecule has 6 nitrogen and oxygen atoms in total. The van der Waals surface area contributed by atoms with E-state index in [1.807, 2.05) is 6.92 Å². The standard InChI is InChI=1S/C23H28N2O4S/c1-2-28-16-11-9-15(10-12-16)21(26)25-23-20(18-7-3-4-8-19(18)30-23)22(27)24-14-17-6-5-13-29-17/h9-12,17H,2-8,13-14H2,1H3,(H,24,27)(H,25,26)/t17-/m0/s1. The summed E-state index contributed by atoms with van der Waals surface area (Å²) in [6, 6.07) is 7.05. The lowest BCUT2D eigenvalue weighted by atomic mass is 9.95. The van der Waals surface area contributed by atoms with Gasteiger partial charge in [0.15, 0.2) is 0 Å². The Morgan fingerprint density at radius 3 is 2.67 bits per heavy atom. The number of ether oxygens (including phenoxy) is 2. The molecule has 0 unspecified atom stereocenters. The Balaban J connectivity index is 1.52. The van der Waals surface area contributed by atoms with Crippen LogP contribution in [0.15, 0.2) is 24.3 Å². The normalized spacial score (nSPS) is 18.0. The molecule has 2 aromatic rings. The minimum Gasteiger partial charge on any atom is -0.494 e. The number of rotatable bonds is 7. The molecule has 1 aromatic heterocycles. The fraction of sp³-hybridized carbons (Fsp3) is 0.478. The Morgan fingerprint density at radius 2 is 1.93 bits per heavy atom. The maximum absolute atomic E-state index is 13.1. The Morgan fingerprint density at radius 1 is 1.13 bits per heavy atom. The van der Waals surface area contributed by atoms with Gasteiger partial charge >= 0.3 is 0 Å². The second-order valence-electron chi connectivity index (χ2n) is 7.67. The van der Waals surface area contributed by atoms with E-state index < -0.39 is 0 Å². The van der Waals surface area contributed by atoms with Crippen molar-refractivity contribution in [1.29, 1.82) is 0 Å². The fourth-order valence-electron chi connectivity index (χ4n) is 4.04. The lowest BCUT2D eigenvalue weighted by molar-refractivity contribution is 0.0858. The van der Waals surface area contributed by atoms with Crippen LogP contribution in [0.4, 0.5) is 5.00 Å². The number of amides is 2. The molecule has 1 saturated heterocycles. The van der Waals surface area contributed by atoms with Crippen molar-refractivity contribution in [1.82, 2.24) is 5.32 Å². The second-order valence-corrected chi connectivity index (χ2v) is 8.78. The van der Waals surface area contributed by atoms with Gasteiger partial charge in [0.1, 0.15) is 10.8 Å². The molecule has 4 rings (SSSR count). The molecule has 1 atom stereocenters. The first-order valence-electron chi connectivity index (χ1n) is 10.7. The smallest absolute Gasteiger partial charge is 0.256 e. The predicted octanol–water partition coefficient (Wildman–Crippen LogP) is 4.19. The zero-order chi connectivity index (χ0) is 20.9. The zero-order valence-corrected chi connectivity index (χ0v) is 18.1. The van der Waals surface area contributed by atoms with E-state index in [1.165, 1.54) is 16.2 Å². The van der Waals surface area contributed by atoms with E-state index in [9.17, 15) is 9.59 Å². The summed E-state index contributed by atoms with van der Waals surface area (Å²) in [7, 11) is 0. The molecule has 1 fully saturated rings. The summed E-state index contributed by atoms with van der Waals surface area (Å²) in [5.41, 5.74) is 2.26. The number of carbonyl (C=O) groups excluding carboxylic acids is 2. The molecular weight excluding hydrogens is 400 g/mol. The Hall–Kier alpha value is -2.38. The van der Waals surface area contributed by atoms with Gasteiger partial charge in [-0.1, -0.05) is 0 Å². The second kappa shape index (κ2) is 9.62. The van der Waals surface area contributed by atoms with Gasteiger partial charge in [0, 0.05) is 23.6 Å². The Labute approximate surface area is 181 Å².